The lowest BCUT2D eigenvalue weighted by Crippen LogP contribution is -2.10. The Morgan fingerprint density at radius 2 is 2.28 bits per heavy atom. The summed E-state index contributed by atoms with van der Waals surface area (Å²) in [7, 11) is 0. The maximum absolute atomic E-state index is 12.1. The second kappa shape index (κ2) is 4.75. The normalized spacial score (nSPS) is 14.4. The molecule has 18 heavy (non-hydrogen) atoms. The molecule has 0 atom stereocenters. The van der Waals surface area contributed by atoms with Crippen LogP contribution in [0.4, 0.5) is 0 Å². The van der Waals surface area contributed by atoms with Crippen molar-refractivity contribution in [1.82, 2.24) is 9.97 Å². The number of aromatic nitrogens is 2. The third-order valence-electron chi connectivity index (χ3n) is 3.08. The van der Waals surface area contributed by atoms with Crippen LogP contribution in [0.5, 0.6) is 0 Å². The number of hydrogen-bond donors (Lipinski definition) is 1. The zero-order chi connectivity index (χ0) is 12.5. The quantitative estimate of drug-likeness (QED) is 0.676. The number of nitrogens with one attached hydrogen (secondary N) is 1. The van der Waals surface area contributed by atoms with Crippen LogP contribution in [0.1, 0.15) is 23.3 Å². The van der Waals surface area contributed by atoms with E-state index < -0.39 is 0 Å². The van der Waals surface area contributed by atoms with Crippen molar-refractivity contribution in [3.8, 4) is 6.07 Å². The summed E-state index contributed by atoms with van der Waals surface area (Å²) in [4.78, 5) is 21.5. The van der Waals surface area contributed by atoms with Gasteiger partial charge in [0.15, 0.2) is 5.16 Å². The van der Waals surface area contributed by atoms with Gasteiger partial charge in [0.1, 0.15) is 4.83 Å². The highest BCUT2D eigenvalue weighted by Gasteiger charge is 2.19. The third-order valence-corrected chi connectivity index (χ3v) is 5.00. The van der Waals surface area contributed by atoms with Gasteiger partial charge in [0.05, 0.1) is 17.2 Å². The molecule has 0 spiro atoms. The largest absolute Gasteiger partial charge is 0.301 e. The van der Waals surface area contributed by atoms with E-state index in [4.69, 9.17) is 5.26 Å². The molecule has 1 aliphatic carbocycles. The molecule has 0 bridgehead atoms. The summed E-state index contributed by atoms with van der Waals surface area (Å²) >= 11 is 2.91. The van der Waals surface area contributed by atoms with Crippen molar-refractivity contribution in [3.05, 3.63) is 20.8 Å². The van der Waals surface area contributed by atoms with Crippen LogP contribution < -0.4 is 5.56 Å². The van der Waals surface area contributed by atoms with E-state index in [1.807, 2.05) is 6.07 Å². The molecule has 6 heteroatoms. The number of H-pyrrole nitrogens is 1. The van der Waals surface area contributed by atoms with Crippen LogP contribution in [0.3, 0.4) is 0 Å². The van der Waals surface area contributed by atoms with Crippen LogP contribution >= 0.6 is 23.1 Å². The summed E-state index contributed by atoms with van der Waals surface area (Å²) in [5.41, 5.74) is 1.15. The molecule has 0 aliphatic heterocycles. The average Bonchev–Trinajstić information content (AvgIpc) is 2.74. The van der Waals surface area contributed by atoms with Crippen molar-refractivity contribution < 1.29 is 0 Å². The van der Waals surface area contributed by atoms with E-state index in [9.17, 15) is 4.79 Å². The Morgan fingerprint density at radius 3 is 3.11 bits per heavy atom. The third kappa shape index (κ3) is 1.93. The second-order valence-electron chi connectivity index (χ2n) is 4.21. The number of hydrogen-bond acceptors (Lipinski definition) is 5. The summed E-state index contributed by atoms with van der Waals surface area (Å²) < 4.78 is 0. The molecule has 0 saturated carbocycles. The Balaban J connectivity index is 2.15. The number of thiophene rings is 1. The fourth-order valence-electron chi connectivity index (χ4n) is 2.31. The number of thioether (sulfide) groups is 1. The van der Waals surface area contributed by atoms with E-state index in [1.54, 1.807) is 11.3 Å². The lowest BCUT2D eigenvalue weighted by atomic mass is 9.97. The van der Waals surface area contributed by atoms with Crippen LogP contribution in [0.15, 0.2) is 9.95 Å². The van der Waals surface area contributed by atoms with Crippen LogP contribution in [0, 0.1) is 11.3 Å². The van der Waals surface area contributed by atoms with E-state index >= 15 is 0 Å². The van der Waals surface area contributed by atoms with Gasteiger partial charge in [-0.3, -0.25) is 4.79 Å². The second-order valence-corrected chi connectivity index (χ2v) is 6.26. The lowest BCUT2D eigenvalue weighted by molar-refractivity contribution is 0.700. The monoisotopic (exact) mass is 277 g/mol. The zero-order valence-corrected chi connectivity index (χ0v) is 11.3. The van der Waals surface area contributed by atoms with Crippen molar-refractivity contribution in [2.24, 2.45) is 0 Å². The topological polar surface area (TPSA) is 69.5 Å². The summed E-state index contributed by atoms with van der Waals surface area (Å²) in [5.74, 6) is 0.305. The molecule has 0 radical (unpaired) electrons. The SMILES string of the molecule is N#CCSc1nc2sc3c(c2c(=O)[nH]1)CCCC3. The van der Waals surface area contributed by atoms with Crippen molar-refractivity contribution >= 4 is 33.3 Å². The highest BCUT2D eigenvalue weighted by Crippen LogP contribution is 2.33. The molecule has 92 valence electrons. The molecule has 2 heterocycles. The Kier molecular flexibility index (Phi) is 3.10. The first kappa shape index (κ1) is 11.8. The fourth-order valence-corrected chi connectivity index (χ4v) is 4.15. The van der Waals surface area contributed by atoms with Gasteiger partial charge < -0.3 is 4.98 Å². The van der Waals surface area contributed by atoms with Crippen molar-refractivity contribution in [3.63, 3.8) is 0 Å². The fraction of sp³-hybridized carbons (Fsp3) is 0.417. The maximum Gasteiger partial charge on any atom is 0.260 e. The molecule has 0 saturated heterocycles. The molecular formula is C12H11N3OS2. The first-order valence-corrected chi connectivity index (χ1v) is 7.64. The van der Waals surface area contributed by atoms with Crippen molar-refractivity contribution in [1.29, 1.82) is 5.26 Å². The van der Waals surface area contributed by atoms with Gasteiger partial charge in [-0.15, -0.1) is 11.3 Å². The molecule has 3 rings (SSSR count). The Hall–Kier alpha value is -1.32. The summed E-state index contributed by atoms with van der Waals surface area (Å²) in [6.45, 7) is 0. The van der Waals surface area contributed by atoms with Gasteiger partial charge in [0.25, 0.3) is 5.56 Å². The smallest absolute Gasteiger partial charge is 0.260 e. The van der Waals surface area contributed by atoms with Crippen molar-refractivity contribution in [2.75, 3.05) is 5.75 Å². The van der Waals surface area contributed by atoms with E-state index in [1.165, 1.54) is 28.6 Å². The molecule has 0 aromatic carbocycles. The van der Waals surface area contributed by atoms with Gasteiger partial charge in [0, 0.05) is 4.88 Å². The molecule has 2 aromatic heterocycles. The molecular weight excluding hydrogens is 266 g/mol. The lowest BCUT2D eigenvalue weighted by Gasteiger charge is -2.09. The van der Waals surface area contributed by atoms with Crippen molar-refractivity contribution in [2.45, 2.75) is 30.8 Å². The molecule has 0 amide bonds. The summed E-state index contributed by atoms with van der Waals surface area (Å²) in [5, 5.41) is 9.88. The van der Waals surface area contributed by atoms with Gasteiger partial charge >= 0.3 is 0 Å². The van der Waals surface area contributed by atoms with Crippen LogP contribution in [0.25, 0.3) is 10.2 Å². The number of nitrogens with zero attached hydrogens (tertiary/aromatic N) is 2. The highest BCUT2D eigenvalue weighted by molar-refractivity contribution is 7.99. The van der Waals surface area contributed by atoms with E-state index in [-0.39, 0.29) is 5.56 Å². The molecule has 4 nitrogen and oxygen atoms in total. The number of fused-ring (bicyclic) bond motifs is 3. The first-order chi connectivity index (χ1) is 8.79. The standard InChI is InChI=1S/C12H11N3OS2/c13-5-6-17-12-14-10(16)9-7-3-1-2-4-8(7)18-11(9)15-12/h1-4,6H2,(H,14,15,16). The van der Waals surface area contributed by atoms with E-state index in [0.717, 1.165) is 29.5 Å². The first-order valence-electron chi connectivity index (χ1n) is 5.84. The zero-order valence-electron chi connectivity index (χ0n) is 9.65. The van der Waals surface area contributed by atoms with Gasteiger partial charge in [-0.05, 0) is 31.2 Å². The molecule has 2 aromatic rings. The Labute approximate surface area is 112 Å². The molecule has 0 fully saturated rings. The van der Waals surface area contributed by atoms with Gasteiger partial charge in [-0.25, -0.2) is 4.98 Å². The van der Waals surface area contributed by atoms with E-state index in [0.29, 0.717) is 10.9 Å². The predicted octanol–water partition coefficient (Wildman–Crippen LogP) is 2.48. The summed E-state index contributed by atoms with van der Waals surface area (Å²) in [6.07, 6.45) is 4.41. The summed E-state index contributed by atoms with van der Waals surface area (Å²) in [6, 6.07) is 2.04. The maximum atomic E-state index is 12.1. The number of aryl methyl sites for hydroxylation is 2. The Bertz CT molecular complexity index is 696. The van der Waals surface area contributed by atoms with Gasteiger partial charge in [-0.2, -0.15) is 5.26 Å². The predicted molar refractivity (Wildman–Crippen MR) is 73.2 cm³/mol. The molecule has 0 unspecified atom stereocenters. The van der Waals surface area contributed by atoms with Crippen LogP contribution in [-0.4, -0.2) is 15.7 Å². The number of rotatable bonds is 2. The Morgan fingerprint density at radius 1 is 1.44 bits per heavy atom. The minimum absolute atomic E-state index is 0.0557. The molecule has 1 N–H and O–H groups in total. The molecule has 1 aliphatic rings. The number of aromatic amines is 1. The van der Waals surface area contributed by atoms with E-state index in [2.05, 4.69) is 9.97 Å². The van der Waals surface area contributed by atoms with Crippen LogP contribution in [0.2, 0.25) is 0 Å². The van der Waals surface area contributed by atoms with Crippen LogP contribution in [-0.2, 0) is 12.8 Å². The minimum Gasteiger partial charge on any atom is -0.301 e. The van der Waals surface area contributed by atoms with Gasteiger partial charge in [-0.1, -0.05) is 11.8 Å². The minimum atomic E-state index is -0.0557. The van der Waals surface area contributed by atoms with Gasteiger partial charge in [0.2, 0.25) is 0 Å². The highest BCUT2D eigenvalue weighted by atomic mass is 32.2. The number of nitriles is 1. The average molecular weight is 277 g/mol.